The van der Waals surface area contributed by atoms with Crippen molar-refractivity contribution in [3.05, 3.63) is 71.3 Å². The van der Waals surface area contributed by atoms with Gasteiger partial charge in [-0.05, 0) is 42.3 Å². The van der Waals surface area contributed by atoms with Crippen LogP contribution < -0.4 is 10.6 Å². The van der Waals surface area contributed by atoms with Crippen molar-refractivity contribution in [2.45, 2.75) is 19.1 Å². The number of hydrogen-bond acceptors (Lipinski definition) is 2. The Balaban J connectivity index is 1.85. The molecule has 0 unspecified atom stereocenters. The van der Waals surface area contributed by atoms with Gasteiger partial charge in [0.25, 0.3) is 0 Å². The summed E-state index contributed by atoms with van der Waals surface area (Å²) in [7, 11) is 0. The molecule has 0 spiro atoms. The van der Waals surface area contributed by atoms with Gasteiger partial charge in [-0.15, -0.1) is 0 Å². The summed E-state index contributed by atoms with van der Waals surface area (Å²) in [6, 6.07) is 10.6. The molecule has 2 rings (SSSR count). The van der Waals surface area contributed by atoms with E-state index in [2.05, 4.69) is 10.6 Å². The third-order valence-corrected chi connectivity index (χ3v) is 3.39. The van der Waals surface area contributed by atoms with Gasteiger partial charge in [-0.2, -0.15) is 0 Å². The molecule has 0 fully saturated rings. The summed E-state index contributed by atoms with van der Waals surface area (Å²) < 4.78 is 26.2. The Morgan fingerprint density at radius 1 is 1.09 bits per heavy atom. The van der Waals surface area contributed by atoms with Gasteiger partial charge in [0, 0.05) is 6.54 Å². The summed E-state index contributed by atoms with van der Waals surface area (Å²) in [6.45, 7) is 1.66. The number of aliphatic hydroxyl groups is 1. The second kappa shape index (κ2) is 7.69. The minimum Gasteiger partial charge on any atom is -0.387 e. The standard InChI is InChI=1S/C17H18F2N2O2/c1-11(12-4-2-6-14(18)8-12)21-17(23)20-10-16(22)13-5-3-7-15(19)9-13/h2-9,11,16,22H,10H2,1H3,(H2,20,21,23)/t11-,16-/m1/s1. The summed E-state index contributed by atoms with van der Waals surface area (Å²) in [5.74, 6) is -0.830. The summed E-state index contributed by atoms with van der Waals surface area (Å²) in [6.07, 6.45) is -1.01. The van der Waals surface area contributed by atoms with Gasteiger partial charge in [-0.1, -0.05) is 24.3 Å². The minimum atomic E-state index is -1.01. The zero-order valence-corrected chi connectivity index (χ0v) is 12.6. The topological polar surface area (TPSA) is 61.4 Å². The van der Waals surface area contributed by atoms with Crippen molar-refractivity contribution in [2.24, 2.45) is 0 Å². The molecule has 2 amide bonds. The molecule has 0 aliphatic heterocycles. The van der Waals surface area contributed by atoms with Crippen LogP contribution in [0.3, 0.4) is 0 Å². The Kier molecular flexibility index (Phi) is 5.65. The first-order valence-electron chi connectivity index (χ1n) is 7.19. The summed E-state index contributed by atoms with van der Waals surface area (Å²) in [5.41, 5.74) is 1.01. The summed E-state index contributed by atoms with van der Waals surface area (Å²) in [5, 5.41) is 15.1. The highest BCUT2D eigenvalue weighted by molar-refractivity contribution is 5.74. The highest BCUT2D eigenvalue weighted by Gasteiger charge is 2.13. The number of carbonyl (C=O) groups excluding carboxylic acids is 1. The molecule has 0 heterocycles. The Hall–Kier alpha value is -2.47. The molecular weight excluding hydrogens is 302 g/mol. The Morgan fingerprint density at radius 3 is 2.26 bits per heavy atom. The molecule has 0 aliphatic rings. The number of carbonyl (C=O) groups is 1. The zero-order valence-electron chi connectivity index (χ0n) is 12.6. The van der Waals surface area contributed by atoms with Crippen LogP contribution in [0.1, 0.15) is 30.2 Å². The lowest BCUT2D eigenvalue weighted by Crippen LogP contribution is -2.39. The fourth-order valence-corrected chi connectivity index (χ4v) is 2.13. The van der Waals surface area contributed by atoms with Gasteiger partial charge in [0.15, 0.2) is 0 Å². The molecule has 0 aliphatic carbocycles. The third kappa shape index (κ3) is 5.03. The SMILES string of the molecule is C[C@@H](NC(=O)NC[C@@H](O)c1cccc(F)c1)c1cccc(F)c1. The van der Waals surface area contributed by atoms with E-state index in [-0.39, 0.29) is 12.4 Å². The lowest BCUT2D eigenvalue weighted by molar-refractivity contribution is 0.172. The fraction of sp³-hybridized carbons (Fsp3) is 0.235. The van der Waals surface area contributed by atoms with Gasteiger partial charge in [0.05, 0.1) is 12.1 Å². The maximum Gasteiger partial charge on any atom is 0.315 e. The van der Waals surface area contributed by atoms with Crippen LogP contribution in [0.2, 0.25) is 0 Å². The highest BCUT2D eigenvalue weighted by Crippen LogP contribution is 2.14. The third-order valence-electron chi connectivity index (χ3n) is 3.39. The van der Waals surface area contributed by atoms with E-state index in [4.69, 9.17) is 0 Å². The molecule has 0 bridgehead atoms. The van der Waals surface area contributed by atoms with E-state index in [1.807, 2.05) is 0 Å². The number of amides is 2. The van der Waals surface area contributed by atoms with Crippen LogP contribution in [-0.4, -0.2) is 17.7 Å². The van der Waals surface area contributed by atoms with Crippen molar-refractivity contribution in [1.29, 1.82) is 0 Å². The second-order valence-electron chi connectivity index (χ2n) is 5.20. The molecule has 0 radical (unpaired) electrons. The highest BCUT2D eigenvalue weighted by atomic mass is 19.1. The Labute approximate surface area is 133 Å². The number of benzene rings is 2. The molecule has 0 saturated heterocycles. The summed E-state index contributed by atoms with van der Waals surface area (Å²) in [4.78, 5) is 11.8. The average molecular weight is 320 g/mol. The number of nitrogens with one attached hydrogen (secondary N) is 2. The van der Waals surface area contributed by atoms with E-state index in [9.17, 15) is 18.7 Å². The number of urea groups is 1. The van der Waals surface area contributed by atoms with E-state index in [1.165, 1.54) is 30.3 Å². The number of rotatable bonds is 5. The van der Waals surface area contributed by atoms with Gasteiger partial charge in [-0.25, -0.2) is 13.6 Å². The molecule has 2 aromatic carbocycles. The molecule has 23 heavy (non-hydrogen) atoms. The van der Waals surface area contributed by atoms with Gasteiger partial charge >= 0.3 is 6.03 Å². The molecular formula is C17H18F2N2O2. The van der Waals surface area contributed by atoms with E-state index in [0.717, 1.165) is 0 Å². The molecule has 0 saturated carbocycles. The monoisotopic (exact) mass is 320 g/mol. The van der Waals surface area contributed by atoms with Crippen molar-refractivity contribution in [3.63, 3.8) is 0 Å². The first kappa shape index (κ1) is 16.9. The van der Waals surface area contributed by atoms with E-state index < -0.39 is 24.0 Å². The molecule has 0 aromatic heterocycles. The lowest BCUT2D eigenvalue weighted by Gasteiger charge is -2.17. The van der Waals surface area contributed by atoms with Crippen molar-refractivity contribution < 1.29 is 18.7 Å². The lowest BCUT2D eigenvalue weighted by atomic mass is 10.1. The first-order chi connectivity index (χ1) is 11.0. The van der Waals surface area contributed by atoms with Crippen LogP contribution in [0, 0.1) is 11.6 Å². The minimum absolute atomic E-state index is 0.0643. The number of halogens is 2. The van der Waals surface area contributed by atoms with Crippen molar-refractivity contribution in [3.8, 4) is 0 Å². The average Bonchev–Trinajstić information content (AvgIpc) is 2.52. The molecule has 6 heteroatoms. The molecule has 2 atom stereocenters. The van der Waals surface area contributed by atoms with Crippen LogP contribution in [0.5, 0.6) is 0 Å². The van der Waals surface area contributed by atoms with Crippen molar-refractivity contribution in [2.75, 3.05) is 6.54 Å². The normalized spacial score (nSPS) is 13.2. The largest absolute Gasteiger partial charge is 0.387 e. The van der Waals surface area contributed by atoms with Crippen LogP contribution in [0.15, 0.2) is 48.5 Å². The van der Waals surface area contributed by atoms with Gasteiger partial charge < -0.3 is 15.7 Å². The van der Waals surface area contributed by atoms with E-state index in [1.54, 1.807) is 25.1 Å². The van der Waals surface area contributed by atoms with E-state index in [0.29, 0.717) is 11.1 Å². The predicted octanol–water partition coefficient (Wildman–Crippen LogP) is 3.06. The zero-order chi connectivity index (χ0) is 16.8. The molecule has 3 N–H and O–H groups in total. The van der Waals surface area contributed by atoms with Gasteiger partial charge in [0.1, 0.15) is 11.6 Å². The maximum atomic E-state index is 13.1. The predicted molar refractivity (Wildman–Crippen MR) is 82.7 cm³/mol. The quantitative estimate of drug-likeness (QED) is 0.793. The number of hydrogen-bond donors (Lipinski definition) is 3. The van der Waals surface area contributed by atoms with Crippen LogP contribution >= 0.6 is 0 Å². The van der Waals surface area contributed by atoms with Crippen LogP contribution in [0.25, 0.3) is 0 Å². The number of aliphatic hydroxyl groups excluding tert-OH is 1. The Morgan fingerprint density at radius 2 is 1.65 bits per heavy atom. The van der Waals surface area contributed by atoms with Crippen molar-refractivity contribution >= 4 is 6.03 Å². The second-order valence-corrected chi connectivity index (χ2v) is 5.20. The van der Waals surface area contributed by atoms with Crippen molar-refractivity contribution in [1.82, 2.24) is 10.6 Å². The summed E-state index contributed by atoms with van der Waals surface area (Å²) >= 11 is 0. The van der Waals surface area contributed by atoms with Crippen LogP contribution in [-0.2, 0) is 0 Å². The Bertz CT molecular complexity index is 679. The smallest absolute Gasteiger partial charge is 0.315 e. The van der Waals surface area contributed by atoms with Crippen LogP contribution in [0.4, 0.5) is 13.6 Å². The van der Waals surface area contributed by atoms with Gasteiger partial charge in [0.2, 0.25) is 0 Å². The first-order valence-corrected chi connectivity index (χ1v) is 7.19. The fourth-order valence-electron chi connectivity index (χ4n) is 2.13. The van der Waals surface area contributed by atoms with E-state index >= 15 is 0 Å². The molecule has 2 aromatic rings. The maximum absolute atomic E-state index is 13.1. The molecule has 4 nitrogen and oxygen atoms in total. The molecule has 122 valence electrons. The van der Waals surface area contributed by atoms with Gasteiger partial charge in [-0.3, -0.25) is 0 Å².